The summed E-state index contributed by atoms with van der Waals surface area (Å²) in [7, 11) is -4.33. The number of rotatable bonds is 2. The van der Waals surface area contributed by atoms with Crippen LogP contribution in [0, 0.1) is 16.7 Å². The second kappa shape index (κ2) is 2.83. The highest BCUT2D eigenvalue weighted by Gasteiger charge is 2.64. The molecule has 4 nitrogen and oxygen atoms in total. The van der Waals surface area contributed by atoms with Crippen LogP contribution in [0.5, 0.6) is 0 Å². The highest BCUT2D eigenvalue weighted by atomic mass is 32.2. The Balaban J connectivity index is 2.45. The molecule has 2 rings (SSSR count). The zero-order chi connectivity index (χ0) is 11.5. The number of hydrogen-bond acceptors (Lipinski definition) is 4. The average Bonchev–Trinajstić information content (AvgIpc) is 2.34. The summed E-state index contributed by atoms with van der Waals surface area (Å²) in [6, 6.07) is 0. The summed E-state index contributed by atoms with van der Waals surface area (Å²) in [5, 5.41) is 0. The molecule has 86 valence electrons. The van der Waals surface area contributed by atoms with Crippen LogP contribution >= 0.6 is 0 Å². The SMILES string of the molecule is CC1(C)[C@@H]2CC[C@@]1(CS(=O)(=O)[O-])C(=O)C2. The quantitative estimate of drug-likeness (QED) is 0.662. The van der Waals surface area contributed by atoms with Crippen LogP contribution in [0.2, 0.25) is 0 Å². The van der Waals surface area contributed by atoms with Gasteiger partial charge in [0.25, 0.3) is 0 Å². The van der Waals surface area contributed by atoms with Gasteiger partial charge in [-0.1, -0.05) is 13.8 Å². The van der Waals surface area contributed by atoms with Crippen molar-refractivity contribution in [2.75, 3.05) is 5.75 Å². The van der Waals surface area contributed by atoms with E-state index in [9.17, 15) is 17.8 Å². The molecule has 2 bridgehead atoms. The van der Waals surface area contributed by atoms with Gasteiger partial charge in [0.2, 0.25) is 0 Å². The molecule has 0 aromatic heterocycles. The monoisotopic (exact) mass is 231 g/mol. The van der Waals surface area contributed by atoms with Crippen LogP contribution in [0.25, 0.3) is 0 Å². The minimum absolute atomic E-state index is 0.0248. The van der Waals surface area contributed by atoms with Crippen LogP contribution < -0.4 is 0 Å². The molecule has 2 aliphatic rings. The molecule has 2 aliphatic carbocycles. The van der Waals surface area contributed by atoms with E-state index in [1.807, 2.05) is 13.8 Å². The second-order valence-electron chi connectivity index (χ2n) is 5.37. The maximum atomic E-state index is 11.8. The highest BCUT2D eigenvalue weighted by Crippen LogP contribution is 2.64. The molecule has 0 heterocycles. The van der Waals surface area contributed by atoms with Gasteiger partial charge in [0.1, 0.15) is 5.78 Å². The Hall–Kier alpha value is -0.420. The van der Waals surface area contributed by atoms with Crippen LogP contribution in [0.3, 0.4) is 0 Å². The van der Waals surface area contributed by atoms with E-state index < -0.39 is 21.3 Å². The number of carbonyl (C=O) groups is 1. The largest absolute Gasteiger partial charge is 0.748 e. The van der Waals surface area contributed by atoms with Gasteiger partial charge < -0.3 is 4.55 Å². The van der Waals surface area contributed by atoms with Crippen molar-refractivity contribution in [3.05, 3.63) is 0 Å². The molecular weight excluding hydrogens is 216 g/mol. The van der Waals surface area contributed by atoms with Gasteiger partial charge in [-0.15, -0.1) is 0 Å². The molecule has 5 heteroatoms. The van der Waals surface area contributed by atoms with Crippen molar-refractivity contribution in [1.29, 1.82) is 0 Å². The number of Topliss-reactive ketones (excluding diaryl/α,β-unsaturated/α-hetero) is 1. The van der Waals surface area contributed by atoms with Crippen molar-refractivity contribution in [3.8, 4) is 0 Å². The second-order valence-corrected chi connectivity index (χ2v) is 6.77. The van der Waals surface area contributed by atoms with Gasteiger partial charge in [-0.2, -0.15) is 0 Å². The zero-order valence-electron chi connectivity index (χ0n) is 8.95. The third kappa shape index (κ3) is 1.36. The molecule has 0 amide bonds. The first-order valence-electron chi connectivity index (χ1n) is 5.16. The van der Waals surface area contributed by atoms with E-state index in [4.69, 9.17) is 0 Å². The predicted octanol–water partition coefficient (Wildman–Crippen LogP) is 0.927. The summed E-state index contributed by atoms with van der Waals surface area (Å²) >= 11 is 0. The van der Waals surface area contributed by atoms with Crippen molar-refractivity contribution in [1.82, 2.24) is 0 Å². The molecule has 0 radical (unpaired) electrons. The molecule has 0 N–H and O–H groups in total. The summed E-state index contributed by atoms with van der Waals surface area (Å²) < 4.78 is 32.7. The average molecular weight is 231 g/mol. The number of ketones is 1. The Kier molecular flexibility index (Phi) is 2.09. The number of carbonyl (C=O) groups excluding carboxylic acids is 1. The molecule has 15 heavy (non-hydrogen) atoms. The first kappa shape index (κ1) is 11.1. The fourth-order valence-electron chi connectivity index (χ4n) is 3.41. The molecule has 0 spiro atoms. The smallest absolute Gasteiger partial charge is 0.140 e. The van der Waals surface area contributed by atoms with E-state index in [2.05, 4.69) is 0 Å². The normalized spacial score (nSPS) is 38.6. The lowest BCUT2D eigenvalue weighted by atomic mass is 9.70. The molecule has 0 aliphatic heterocycles. The Morgan fingerprint density at radius 2 is 2.07 bits per heavy atom. The van der Waals surface area contributed by atoms with E-state index in [1.54, 1.807) is 0 Å². The standard InChI is InChI=1S/C10H16O4S/c1-9(2)7-3-4-10(9,8(11)5-7)6-15(12,13)14/h7H,3-6H2,1-2H3,(H,12,13,14)/p-1/t7-,10-/m1/s1. The van der Waals surface area contributed by atoms with Crippen LogP contribution in [0.4, 0.5) is 0 Å². The molecule has 0 saturated heterocycles. The molecule has 2 fully saturated rings. The lowest BCUT2D eigenvalue weighted by Gasteiger charge is -2.37. The van der Waals surface area contributed by atoms with Gasteiger partial charge in [0.15, 0.2) is 0 Å². The first-order chi connectivity index (χ1) is 6.69. The van der Waals surface area contributed by atoms with E-state index in [0.29, 0.717) is 12.8 Å². The highest BCUT2D eigenvalue weighted by molar-refractivity contribution is 7.85. The van der Waals surface area contributed by atoms with E-state index in [1.165, 1.54) is 0 Å². The van der Waals surface area contributed by atoms with E-state index >= 15 is 0 Å². The fraction of sp³-hybridized carbons (Fsp3) is 0.900. The van der Waals surface area contributed by atoms with Crippen LogP contribution in [0.15, 0.2) is 0 Å². The third-order valence-corrected chi connectivity index (χ3v) is 5.41. The van der Waals surface area contributed by atoms with Crippen LogP contribution in [-0.4, -0.2) is 24.5 Å². The minimum atomic E-state index is -4.33. The maximum absolute atomic E-state index is 11.8. The van der Waals surface area contributed by atoms with E-state index in [-0.39, 0.29) is 17.1 Å². The van der Waals surface area contributed by atoms with Gasteiger partial charge in [-0.05, 0) is 24.2 Å². The first-order valence-corrected chi connectivity index (χ1v) is 6.74. The Bertz CT molecular complexity index is 409. The molecule has 0 aromatic carbocycles. The Morgan fingerprint density at radius 1 is 1.47 bits per heavy atom. The van der Waals surface area contributed by atoms with Gasteiger partial charge >= 0.3 is 0 Å². The Labute approximate surface area is 89.8 Å². The molecule has 0 aromatic rings. The number of fused-ring (bicyclic) bond motifs is 2. The summed E-state index contributed by atoms with van der Waals surface area (Å²) in [5.74, 6) is -0.280. The van der Waals surface area contributed by atoms with Gasteiger partial charge in [0, 0.05) is 11.8 Å². The van der Waals surface area contributed by atoms with Crippen LogP contribution in [0.1, 0.15) is 33.1 Å². The van der Waals surface area contributed by atoms with Gasteiger partial charge in [0.05, 0.1) is 15.9 Å². The molecular formula is C10H15O4S-. The topological polar surface area (TPSA) is 74.3 Å². The zero-order valence-corrected chi connectivity index (χ0v) is 9.76. The van der Waals surface area contributed by atoms with Crippen molar-refractivity contribution in [2.45, 2.75) is 33.1 Å². The lowest BCUT2D eigenvalue weighted by Crippen LogP contribution is -2.42. The predicted molar refractivity (Wildman–Crippen MR) is 53.1 cm³/mol. The molecule has 2 atom stereocenters. The van der Waals surface area contributed by atoms with Crippen molar-refractivity contribution in [3.63, 3.8) is 0 Å². The minimum Gasteiger partial charge on any atom is -0.748 e. The van der Waals surface area contributed by atoms with Crippen molar-refractivity contribution >= 4 is 15.9 Å². The van der Waals surface area contributed by atoms with Gasteiger partial charge in [-0.25, -0.2) is 8.42 Å². The molecule has 2 saturated carbocycles. The molecule has 0 unspecified atom stereocenters. The summed E-state index contributed by atoms with van der Waals surface area (Å²) in [6.45, 7) is 3.83. The lowest BCUT2D eigenvalue weighted by molar-refractivity contribution is -0.128. The summed E-state index contributed by atoms with van der Waals surface area (Å²) in [4.78, 5) is 11.8. The third-order valence-electron chi connectivity index (χ3n) is 4.56. The maximum Gasteiger partial charge on any atom is 0.140 e. The van der Waals surface area contributed by atoms with Crippen LogP contribution in [-0.2, 0) is 14.9 Å². The fourth-order valence-corrected chi connectivity index (χ4v) is 4.69. The van der Waals surface area contributed by atoms with E-state index in [0.717, 1.165) is 6.42 Å². The summed E-state index contributed by atoms with van der Waals surface area (Å²) in [5.41, 5.74) is -1.22. The Morgan fingerprint density at radius 3 is 2.40 bits per heavy atom. The number of hydrogen-bond donors (Lipinski definition) is 0. The van der Waals surface area contributed by atoms with Gasteiger partial charge in [-0.3, -0.25) is 4.79 Å². The summed E-state index contributed by atoms with van der Waals surface area (Å²) in [6.07, 6.45) is 1.88. The van der Waals surface area contributed by atoms with Crippen molar-refractivity contribution < 1.29 is 17.8 Å². The van der Waals surface area contributed by atoms with Crippen molar-refractivity contribution in [2.24, 2.45) is 16.7 Å².